The highest BCUT2D eigenvalue weighted by Gasteiger charge is 2.39. The lowest BCUT2D eigenvalue weighted by atomic mass is 9.84. The molecule has 2 aromatic carbocycles. The van der Waals surface area contributed by atoms with Crippen LogP contribution in [-0.4, -0.2) is 0 Å². The van der Waals surface area contributed by atoms with Gasteiger partial charge in [-0.3, -0.25) is 0 Å². The molecule has 0 heterocycles. The molecule has 0 fully saturated rings. The minimum Gasteiger partial charge on any atom is -0.303 e. The molecule has 3 rings (SSSR count). The number of nitrogens with one attached hydrogen (secondary N) is 1. The maximum Gasteiger partial charge on any atom is 0.0382 e. The lowest BCUT2D eigenvalue weighted by Crippen LogP contribution is -2.33. The van der Waals surface area contributed by atoms with Gasteiger partial charge >= 0.3 is 0 Å². The number of hydrogen-bond acceptors (Lipinski definition) is 1. The molecule has 1 aliphatic carbocycles. The van der Waals surface area contributed by atoms with Gasteiger partial charge < -0.3 is 5.32 Å². The van der Waals surface area contributed by atoms with Gasteiger partial charge in [0.25, 0.3) is 0 Å². The summed E-state index contributed by atoms with van der Waals surface area (Å²) < 4.78 is 1.13. The van der Waals surface area contributed by atoms with Gasteiger partial charge in [-0.15, -0.1) is 0 Å². The highest BCUT2D eigenvalue weighted by Crippen LogP contribution is 2.46. The molecule has 2 unspecified atom stereocenters. The molecule has 1 aliphatic rings. The second kappa shape index (κ2) is 5.58. The van der Waals surface area contributed by atoms with Crippen LogP contribution in [0, 0.1) is 5.41 Å². The molecule has 0 bridgehead atoms. The number of hydrogen-bond donors (Lipinski definition) is 1. The number of rotatable bonds is 3. The van der Waals surface area contributed by atoms with Gasteiger partial charge in [0.1, 0.15) is 0 Å². The van der Waals surface area contributed by atoms with Crippen molar-refractivity contribution in [3.8, 4) is 0 Å². The van der Waals surface area contributed by atoms with Crippen LogP contribution in [0.2, 0.25) is 0 Å². The minimum atomic E-state index is 0.257. The van der Waals surface area contributed by atoms with Gasteiger partial charge in [0.15, 0.2) is 0 Å². The van der Waals surface area contributed by atoms with Gasteiger partial charge in [0, 0.05) is 16.6 Å². The van der Waals surface area contributed by atoms with E-state index in [9.17, 15) is 0 Å². The van der Waals surface area contributed by atoms with Crippen molar-refractivity contribution in [3.63, 3.8) is 0 Å². The largest absolute Gasteiger partial charge is 0.303 e. The molecular formula is C19H22BrN. The third kappa shape index (κ3) is 2.93. The first kappa shape index (κ1) is 14.8. The fourth-order valence-electron chi connectivity index (χ4n) is 3.40. The highest BCUT2D eigenvalue weighted by molar-refractivity contribution is 9.10. The summed E-state index contributed by atoms with van der Waals surface area (Å²) in [6, 6.07) is 18.2. The van der Waals surface area contributed by atoms with E-state index in [0.29, 0.717) is 12.1 Å². The summed E-state index contributed by atoms with van der Waals surface area (Å²) in [4.78, 5) is 0. The van der Waals surface area contributed by atoms with Crippen molar-refractivity contribution in [2.24, 2.45) is 5.41 Å². The standard InChI is InChI=1S/C19H22BrN/c1-13(14-8-10-16(20)11-9-14)21-18-17-7-5-4-6-15(17)12-19(18,2)3/h4-11,13,18,21H,12H2,1-3H3. The van der Waals surface area contributed by atoms with E-state index < -0.39 is 0 Å². The van der Waals surface area contributed by atoms with Crippen LogP contribution in [0.3, 0.4) is 0 Å². The molecule has 2 heteroatoms. The fraction of sp³-hybridized carbons (Fsp3) is 0.368. The van der Waals surface area contributed by atoms with Crippen LogP contribution >= 0.6 is 15.9 Å². The summed E-state index contributed by atoms with van der Waals surface area (Å²) in [6.45, 7) is 6.97. The van der Waals surface area contributed by atoms with E-state index in [1.165, 1.54) is 16.7 Å². The molecule has 2 aromatic rings. The van der Waals surface area contributed by atoms with Crippen molar-refractivity contribution in [3.05, 3.63) is 69.7 Å². The Balaban J connectivity index is 1.85. The van der Waals surface area contributed by atoms with Crippen LogP contribution < -0.4 is 5.32 Å². The van der Waals surface area contributed by atoms with Crippen LogP contribution in [0.1, 0.15) is 49.5 Å². The number of fused-ring (bicyclic) bond motifs is 1. The zero-order chi connectivity index (χ0) is 15.0. The van der Waals surface area contributed by atoms with E-state index in [1.54, 1.807) is 0 Å². The molecule has 2 atom stereocenters. The van der Waals surface area contributed by atoms with Crippen molar-refractivity contribution < 1.29 is 0 Å². The summed E-state index contributed by atoms with van der Waals surface area (Å²) in [6.07, 6.45) is 1.15. The summed E-state index contributed by atoms with van der Waals surface area (Å²) in [5.74, 6) is 0. The van der Waals surface area contributed by atoms with Crippen LogP contribution in [0.15, 0.2) is 53.0 Å². The second-order valence-corrected chi connectivity index (χ2v) is 7.65. The third-order valence-electron chi connectivity index (χ3n) is 4.58. The SMILES string of the molecule is CC(NC1c2ccccc2CC1(C)C)c1ccc(Br)cc1. The molecule has 0 saturated carbocycles. The average Bonchev–Trinajstić information content (AvgIpc) is 2.70. The Morgan fingerprint density at radius 3 is 2.48 bits per heavy atom. The zero-order valence-corrected chi connectivity index (χ0v) is 14.4. The molecule has 1 N–H and O–H groups in total. The van der Waals surface area contributed by atoms with Crippen LogP contribution in [0.4, 0.5) is 0 Å². The summed E-state index contributed by atoms with van der Waals surface area (Å²) in [5, 5.41) is 3.85. The molecule has 0 aromatic heterocycles. The quantitative estimate of drug-likeness (QED) is 0.784. The first-order valence-corrected chi connectivity index (χ1v) is 8.36. The second-order valence-electron chi connectivity index (χ2n) is 6.74. The van der Waals surface area contributed by atoms with Gasteiger partial charge in [0.05, 0.1) is 0 Å². The van der Waals surface area contributed by atoms with Gasteiger partial charge in [0.2, 0.25) is 0 Å². The van der Waals surface area contributed by atoms with Crippen molar-refractivity contribution in [1.29, 1.82) is 0 Å². The summed E-state index contributed by atoms with van der Waals surface area (Å²) >= 11 is 3.50. The lowest BCUT2D eigenvalue weighted by Gasteiger charge is -2.31. The topological polar surface area (TPSA) is 12.0 Å². The van der Waals surface area contributed by atoms with E-state index in [1.807, 2.05) is 0 Å². The van der Waals surface area contributed by atoms with Gasteiger partial charge in [-0.25, -0.2) is 0 Å². The monoisotopic (exact) mass is 343 g/mol. The molecule has 110 valence electrons. The molecule has 0 aliphatic heterocycles. The van der Waals surface area contributed by atoms with Gasteiger partial charge in [-0.05, 0) is 47.6 Å². The fourth-order valence-corrected chi connectivity index (χ4v) is 3.67. The minimum absolute atomic E-state index is 0.257. The van der Waals surface area contributed by atoms with E-state index in [-0.39, 0.29) is 5.41 Å². The normalized spacial score (nSPS) is 21.0. The molecule has 0 spiro atoms. The number of benzene rings is 2. The predicted molar refractivity (Wildman–Crippen MR) is 92.4 cm³/mol. The van der Waals surface area contributed by atoms with Gasteiger partial charge in [-0.1, -0.05) is 66.2 Å². The van der Waals surface area contributed by atoms with Crippen molar-refractivity contribution in [2.45, 2.75) is 39.3 Å². The van der Waals surface area contributed by atoms with Crippen LogP contribution in [0.25, 0.3) is 0 Å². The molecule has 0 saturated heterocycles. The zero-order valence-electron chi connectivity index (χ0n) is 12.9. The number of halogens is 1. The van der Waals surface area contributed by atoms with E-state index in [0.717, 1.165) is 10.9 Å². The first-order chi connectivity index (χ1) is 9.97. The summed E-state index contributed by atoms with van der Waals surface area (Å²) in [7, 11) is 0. The van der Waals surface area contributed by atoms with Gasteiger partial charge in [-0.2, -0.15) is 0 Å². The molecule has 0 amide bonds. The predicted octanol–water partition coefficient (Wildman–Crippen LogP) is 5.42. The molecule has 0 radical (unpaired) electrons. The first-order valence-electron chi connectivity index (χ1n) is 7.57. The lowest BCUT2D eigenvalue weighted by molar-refractivity contribution is 0.252. The van der Waals surface area contributed by atoms with E-state index in [2.05, 4.69) is 90.5 Å². The molecular weight excluding hydrogens is 322 g/mol. The Morgan fingerprint density at radius 1 is 1.10 bits per heavy atom. The highest BCUT2D eigenvalue weighted by atomic mass is 79.9. The van der Waals surface area contributed by atoms with Crippen molar-refractivity contribution >= 4 is 15.9 Å². The summed E-state index contributed by atoms with van der Waals surface area (Å²) in [5.41, 5.74) is 4.54. The van der Waals surface area contributed by atoms with Crippen LogP contribution in [0.5, 0.6) is 0 Å². The van der Waals surface area contributed by atoms with E-state index in [4.69, 9.17) is 0 Å². The Labute approximate surface area is 135 Å². The molecule has 1 nitrogen and oxygen atoms in total. The maximum absolute atomic E-state index is 3.85. The smallest absolute Gasteiger partial charge is 0.0382 e. The maximum atomic E-state index is 3.85. The van der Waals surface area contributed by atoms with Crippen molar-refractivity contribution in [1.82, 2.24) is 5.32 Å². The Morgan fingerprint density at radius 2 is 1.76 bits per heavy atom. The molecule has 21 heavy (non-hydrogen) atoms. The van der Waals surface area contributed by atoms with E-state index >= 15 is 0 Å². The Kier molecular flexibility index (Phi) is 3.94. The average molecular weight is 344 g/mol. The van der Waals surface area contributed by atoms with Crippen LogP contribution in [-0.2, 0) is 6.42 Å². The third-order valence-corrected chi connectivity index (χ3v) is 5.11. The Bertz CT molecular complexity index is 630. The Hall–Kier alpha value is -1.12. The van der Waals surface area contributed by atoms with Crippen molar-refractivity contribution in [2.75, 3.05) is 0 Å².